The number of rotatable bonds is 4. The minimum Gasteiger partial charge on any atom is -0.381 e. The van der Waals surface area contributed by atoms with E-state index >= 15 is 0 Å². The van der Waals surface area contributed by atoms with Crippen molar-refractivity contribution in [2.75, 3.05) is 44.1 Å². The summed E-state index contributed by atoms with van der Waals surface area (Å²) in [6, 6.07) is 0.0426. The highest BCUT2D eigenvalue weighted by molar-refractivity contribution is 8.18. The van der Waals surface area contributed by atoms with Crippen LogP contribution in [0.1, 0.15) is 26.2 Å². The van der Waals surface area contributed by atoms with E-state index in [4.69, 9.17) is 4.74 Å². The van der Waals surface area contributed by atoms with Crippen molar-refractivity contribution in [2.24, 2.45) is 5.41 Å². The first-order chi connectivity index (χ1) is 12.1. The molecule has 1 N–H and O–H groups in total. The van der Waals surface area contributed by atoms with Crippen molar-refractivity contribution < 1.29 is 14.3 Å². The molecule has 2 atom stereocenters. The second-order valence-corrected chi connectivity index (χ2v) is 11.0. The van der Waals surface area contributed by atoms with E-state index in [1.54, 1.807) is 35.3 Å². The molecular formula is C17H28N2O3S3. The van der Waals surface area contributed by atoms with Gasteiger partial charge in [0.15, 0.2) is 0 Å². The van der Waals surface area contributed by atoms with Gasteiger partial charge in [-0.05, 0) is 43.9 Å². The van der Waals surface area contributed by atoms with Gasteiger partial charge >= 0.3 is 0 Å². The number of hydrogen-bond donors (Lipinski definition) is 1. The lowest BCUT2D eigenvalue weighted by molar-refractivity contribution is -0.128. The van der Waals surface area contributed by atoms with Crippen molar-refractivity contribution >= 4 is 47.1 Å². The Labute approximate surface area is 163 Å². The van der Waals surface area contributed by atoms with Gasteiger partial charge in [-0.1, -0.05) is 0 Å². The Morgan fingerprint density at radius 1 is 1.28 bits per heavy atom. The molecule has 3 heterocycles. The molecule has 25 heavy (non-hydrogen) atoms. The number of ether oxygens (including phenoxy) is 1. The zero-order valence-electron chi connectivity index (χ0n) is 15.0. The van der Waals surface area contributed by atoms with Crippen molar-refractivity contribution in [3.05, 3.63) is 0 Å². The fourth-order valence-electron chi connectivity index (χ4n) is 3.80. The van der Waals surface area contributed by atoms with Gasteiger partial charge in [0.25, 0.3) is 0 Å². The van der Waals surface area contributed by atoms with Gasteiger partial charge in [-0.2, -0.15) is 11.8 Å². The standard InChI is InChI=1S/C17H28N2O3S3/c1-12(23-2)14(20)18-13-10-19(11-17(13)4-6-22-7-5-17)15(21)16-24-8-3-9-25-16/h12-13,16H,3-11H2,1-2H3,(H,18,20). The van der Waals surface area contributed by atoms with E-state index < -0.39 is 0 Å². The lowest BCUT2D eigenvalue weighted by Crippen LogP contribution is -2.51. The van der Waals surface area contributed by atoms with Crippen LogP contribution in [0.4, 0.5) is 0 Å². The fraction of sp³-hybridized carbons (Fsp3) is 0.882. The molecule has 142 valence electrons. The van der Waals surface area contributed by atoms with Crippen LogP contribution in [0.3, 0.4) is 0 Å². The van der Waals surface area contributed by atoms with Crippen LogP contribution in [0, 0.1) is 5.41 Å². The van der Waals surface area contributed by atoms with Crippen molar-refractivity contribution in [1.82, 2.24) is 10.2 Å². The topological polar surface area (TPSA) is 58.6 Å². The molecule has 0 radical (unpaired) electrons. The van der Waals surface area contributed by atoms with Gasteiger partial charge in [0, 0.05) is 31.7 Å². The summed E-state index contributed by atoms with van der Waals surface area (Å²) in [5.41, 5.74) is -0.0221. The van der Waals surface area contributed by atoms with Gasteiger partial charge < -0.3 is 15.0 Å². The van der Waals surface area contributed by atoms with Gasteiger partial charge in [-0.25, -0.2) is 0 Å². The Balaban J connectivity index is 1.71. The fourth-order valence-corrected chi connectivity index (χ4v) is 6.86. The highest BCUT2D eigenvalue weighted by atomic mass is 32.2. The molecule has 8 heteroatoms. The summed E-state index contributed by atoms with van der Waals surface area (Å²) in [6.45, 7) is 4.78. The maximum atomic E-state index is 13.0. The minimum atomic E-state index is -0.0638. The van der Waals surface area contributed by atoms with E-state index in [1.807, 2.05) is 18.1 Å². The van der Waals surface area contributed by atoms with Crippen LogP contribution in [0.5, 0.6) is 0 Å². The molecule has 0 aromatic rings. The maximum absolute atomic E-state index is 13.0. The Morgan fingerprint density at radius 2 is 1.96 bits per heavy atom. The van der Waals surface area contributed by atoms with Crippen LogP contribution in [0.2, 0.25) is 0 Å². The Bertz CT molecular complexity index is 494. The first-order valence-corrected chi connectivity index (χ1v) is 12.4. The Morgan fingerprint density at radius 3 is 2.60 bits per heavy atom. The molecule has 0 aromatic heterocycles. The zero-order valence-corrected chi connectivity index (χ0v) is 17.4. The first kappa shape index (κ1) is 19.7. The average molecular weight is 405 g/mol. The normalized spacial score (nSPS) is 28.1. The summed E-state index contributed by atoms with van der Waals surface area (Å²) in [7, 11) is 0. The lowest BCUT2D eigenvalue weighted by Gasteiger charge is -2.38. The number of likely N-dealkylation sites (tertiary alicyclic amines) is 1. The van der Waals surface area contributed by atoms with Crippen LogP contribution in [-0.4, -0.2) is 76.7 Å². The van der Waals surface area contributed by atoms with E-state index in [9.17, 15) is 9.59 Å². The molecule has 3 aliphatic rings. The highest BCUT2D eigenvalue weighted by Gasteiger charge is 2.50. The number of carbonyl (C=O) groups excluding carboxylic acids is 2. The van der Waals surface area contributed by atoms with Crippen LogP contribution in [0.25, 0.3) is 0 Å². The molecule has 2 amide bonds. The van der Waals surface area contributed by atoms with E-state index in [-0.39, 0.29) is 33.1 Å². The number of carbonyl (C=O) groups is 2. The third-order valence-electron chi connectivity index (χ3n) is 5.52. The Kier molecular flexibility index (Phi) is 6.90. The van der Waals surface area contributed by atoms with Gasteiger partial charge in [-0.3, -0.25) is 9.59 Å². The lowest BCUT2D eigenvalue weighted by atomic mass is 9.76. The summed E-state index contributed by atoms with van der Waals surface area (Å²) < 4.78 is 5.59. The van der Waals surface area contributed by atoms with Crippen molar-refractivity contribution in [2.45, 2.75) is 42.1 Å². The molecular weight excluding hydrogens is 376 g/mol. The van der Waals surface area contributed by atoms with Gasteiger partial charge in [0.1, 0.15) is 4.58 Å². The molecule has 0 aliphatic carbocycles. The predicted molar refractivity (Wildman–Crippen MR) is 107 cm³/mol. The molecule has 3 rings (SSSR count). The SMILES string of the molecule is CSC(C)C(=O)NC1CN(C(=O)C2SCCCS2)CC12CCOCC2. The molecule has 0 saturated carbocycles. The summed E-state index contributed by atoms with van der Waals surface area (Å²) >= 11 is 5.10. The summed E-state index contributed by atoms with van der Waals surface area (Å²) in [5, 5.41) is 3.19. The van der Waals surface area contributed by atoms with Crippen LogP contribution < -0.4 is 5.32 Å². The smallest absolute Gasteiger partial charge is 0.245 e. The molecule has 2 unspecified atom stereocenters. The molecule has 0 aromatic carbocycles. The monoisotopic (exact) mass is 404 g/mol. The predicted octanol–water partition coefficient (Wildman–Crippen LogP) is 2.06. The van der Waals surface area contributed by atoms with E-state index in [1.165, 1.54) is 6.42 Å². The third-order valence-corrected chi connectivity index (χ3v) is 9.31. The Hall–Kier alpha value is -0.0500. The van der Waals surface area contributed by atoms with Gasteiger partial charge in [-0.15, -0.1) is 23.5 Å². The molecule has 5 nitrogen and oxygen atoms in total. The minimum absolute atomic E-state index is 0.0221. The molecule has 3 fully saturated rings. The second-order valence-electron chi connectivity index (χ2n) is 7.06. The molecule has 3 aliphatic heterocycles. The van der Waals surface area contributed by atoms with Crippen LogP contribution in [-0.2, 0) is 14.3 Å². The highest BCUT2D eigenvalue weighted by Crippen LogP contribution is 2.42. The summed E-state index contributed by atoms with van der Waals surface area (Å²) in [6.07, 6.45) is 4.97. The van der Waals surface area contributed by atoms with Crippen molar-refractivity contribution in [3.63, 3.8) is 0 Å². The van der Waals surface area contributed by atoms with Crippen LogP contribution >= 0.6 is 35.3 Å². The molecule has 3 saturated heterocycles. The average Bonchev–Trinajstić information content (AvgIpc) is 2.99. The van der Waals surface area contributed by atoms with Gasteiger partial charge in [0.05, 0.1) is 11.3 Å². The second kappa shape index (κ2) is 8.76. The quantitative estimate of drug-likeness (QED) is 0.774. The summed E-state index contributed by atoms with van der Waals surface area (Å²) in [4.78, 5) is 27.5. The first-order valence-electron chi connectivity index (χ1n) is 8.99. The number of nitrogens with one attached hydrogen (secondary N) is 1. The molecule has 1 spiro atoms. The number of amides is 2. The molecule has 0 bridgehead atoms. The maximum Gasteiger partial charge on any atom is 0.245 e. The van der Waals surface area contributed by atoms with Crippen LogP contribution in [0.15, 0.2) is 0 Å². The number of nitrogens with zero attached hydrogens (tertiary/aromatic N) is 1. The number of hydrogen-bond acceptors (Lipinski definition) is 6. The van der Waals surface area contributed by atoms with Crippen molar-refractivity contribution in [3.8, 4) is 0 Å². The largest absolute Gasteiger partial charge is 0.381 e. The third kappa shape index (κ3) is 4.45. The van der Waals surface area contributed by atoms with E-state index in [0.29, 0.717) is 6.54 Å². The number of thioether (sulfide) groups is 3. The van der Waals surface area contributed by atoms with E-state index in [0.717, 1.165) is 44.1 Å². The van der Waals surface area contributed by atoms with Crippen molar-refractivity contribution in [1.29, 1.82) is 0 Å². The van der Waals surface area contributed by atoms with E-state index in [2.05, 4.69) is 5.32 Å². The van der Waals surface area contributed by atoms with Gasteiger partial charge in [0.2, 0.25) is 11.8 Å². The zero-order chi connectivity index (χ0) is 17.9. The summed E-state index contributed by atoms with van der Waals surface area (Å²) in [5.74, 6) is 2.47.